The Kier molecular flexibility index (Phi) is 6.46. The highest BCUT2D eigenvalue weighted by Gasteiger charge is 2.17. The molecule has 2 aromatic carbocycles. The molecule has 25 heavy (non-hydrogen) atoms. The number of rotatable bonds is 7. The van der Waals surface area contributed by atoms with Gasteiger partial charge in [0.25, 0.3) is 0 Å². The Morgan fingerprint density at radius 2 is 1.88 bits per heavy atom. The predicted octanol–water partition coefficient (Wildman–Crippen LogP) is 3.18. The van der Waals surface area contributed by atoms with Gasteiger partial charge in [0.2, 0.25) is 5.78 Å². The Morgan fingerprint density at radius 3 is 2.48 bits per heavy atom. The lowest BCUT2D eigenvalue weighted by Gasteiger charge is -2.13. The topological polar surface area (TPSA) is 71.4 Å². The first-order valence-electron chi connectivity index (χ1n) is 7.49. The van der Waals surface area contributed by atoms with Gasteiger partial charge in [0.15, 0.2) is 0 Å². The molecule has 2 aromatic rings. The highest BCUT2D eigenvalue weighted by atomic mass is 32.1. The number of methoxy groups -OCH3 is 2. The molecule has 0 heterocycles. The van der Waals surface area contributed by atoms with Gasteiger partial charge in [-0.1, -0.05) is 42.5 Å². The molecule has 0 saturated carbocycles. The second kappa shape index (κ2) is 8.78. The average molecular weight is 354 g/mol. The van der Waals surface area contributed by atoms with Crippen molar-refractivity contribution in [2.24, 2.45) is 0 Å². The van der Waals surface area contributed by atoms with Crippen molar-refractivity contribution in [3.63, 3.8) is 0 Å². The monoisotopic (exact) mass is 354 g/mol. The van der Waals surface area contributed by atoms with E-state index in [1.54, 1.807) is 44.6 Å². The zero-order valence-electron chi connectivity index (χ0n) is 14.0. The Balaban J connectivity index is 2.11. The number of nitrogens with one attached hydrogen (secondary N) is 2. The maximum atomic E-state index is 12.4. The highest BCUT2D eigenvalue weighted by molar-refractivity contribution is 7.80. The van der Waals surface area contributed by atoms with Gasteiger partial charge in [0.05, 0.1) is 14.2 Å². The van der Waals surface area contributed by atoms with Gasteiger partial charge in [0.1, 0.15) is 22.1 Å². The molecule has 0 aliphatic rings. The molecule has 2 N–H and O–H groups in total. The van der Waals surface area contributed by atoms with Crippen LogP contribution in [0.3, 0.4) is 0 Å². The number of hydrogen-bond acceptors (Lipinski definition) is 5. The van der Waals surface area contributed by atoms with E-state index < -0.39 is 0 Å². The number of carbonyl (C=O) groups excluding carboxylic acids is 1. The third-order valence-electron chi connectivity index (χ3n) is 3.55. The van der Waals surface area contributed by atoms with E-state index in [9.17, 15) is 4.79 Å². The van der Waals surface area contributed by atoms with Crippen LogP contribution in [0.4, 0.5) is 0 Å². The number of ketones is 1. The molecule has 0 atom stereocenters. The number of hydrogen-bond donors (Lipinski definition) is 2. The van der Waals surface area contributed by atoms with Gasteiger partial charge in [0, 0.05) is 23.7 Å². The summed E-state index contributed by atoms with van der Waals surface area (Å²) >= 11 is 5.26. The van der Waals surface area contributed by atoms with Crippen molar-refractivity contribution < 1.29 is 14.3 Å². The fourth-order valence-electron chi connectivity index (χ4n) is 2.21. The van der Waals surface area contributed by atoms with Crippen molar-refractivity contribution in [1.29, 1.82) is 5.41 Å². The molecule has 6 heteroatoms. The predicted molar refractivity (Wildman–Crippen MR) is 101 cm³/mol. The van der Waals surface area contributed by atoms with Crippen LogP contribution in [0, 0.1) is 5.41 Å². The summed E-state index contributed by atoms with van der Waals surface area (Å²) in [6, 6.07) is 14.1. The summed E-state index contributed by atoms with van der Waals surface area (Å²) in [6.07, 6.45) is 0. The van der Waals surface area contributed by atoms with Crippen LogP contribution in [-0.4, -0.2) is 30.9 Å². The summed E-state index contributed by atoms with van der Waals surface area (Å²) in [6.45, 7) is 0.346. The summed E-state index contributed by atoms with van der Waals surface area (Å²) in [5.41, 5.74) is 1.33. The molecule has 0 bridgehead atoms. The standard InChI is InChI=1S/C19H18N2O3S/c1-23-15-9-8-14(17(10-15)24-2)12-21-19(25)16(11-20)18(22)13-6-4-3-5-7-13/h3-10,20H,12H2,1-2H3,(H,21,25). The van der Waals surface area contributed by atoms with Crippen LogP contribution in [0.25, 0.3) is 0 Å². The first-order chi connectivity index (χ1) is 12.1. The van der Waals surface area contributed by atoms with Gasteiger partial charge in [-0.15, -0.1) is 0 Å². The molecule has 0 aliphatic carbocycles. The quantitative estimate of drug-likeness (QED) is 0.346. The molecule has 0 radical (unpaired) electrons. The second-order valence-electron chi connectivity index (χ2n) is 5.06. The van der Waals surface area contributed by atoms with Gasteiger partial charge >= 0.3 is 0 Å². The molecule has 0 spiro atoms. The van der Waals surface area contributed by atoms with E-state index in [1.807, 2.05) is 18.2 Å². The summed E-state index contributed by atoms with van der Waals surface area (Å²) in [5.74, 6) is 3.13. The molecule has 0 saturated heterocycles. The molecule has 5 nitrogen and oxygen atoms in total. The SMILES string of the molecule is COc1ccc(CNC(=S)C(=C=N)C(=O)c2ccccc2)c(OC)c1. The highest BCUT2D eigenvalue weighted by Crippen LogP contribution is 2.24. The fourth-order valence-corrected chi connectivity index (χ4v) is 2.43. The maximum absolute atomic E-state index is 12.4. The summed E-state index contributed by atoms with van der Waals surface area (Å²) in [5, 5.41) is 10.4. The van der Waals surface area contributed by atoms with Crippen LogP contribution in [0.2, 0.25) is 0 Å². The van der Waals surface area contributed by atoms with Crippen molar-refractivity contribution in [1.82, 2.24) is 5.32 Å². The molecule has 2 rings (SSSR count). The number of thiocarbonyl (C=S) groups is 1. The van der Waals surface area contributed by atoms with Gasteiger partial charge in [-0.3, -0.25) is 10.2 Å². The van der Waals surface area contributed by atoms with Gasteiger partial charge in [-0.05, 0) is 18.0 Å². The summed E-state index contributed by atoms with van der Waals surface area (Å²) < 4.78 is 10.5. The van der Waals surface area contributed by atoms with E-state index in [0.717, 1.165) is 5.56 Å². The molecular weight excluding hydrogens is 336 g/mol. The Hall–Kier alpha value is -2.95. The summed E-state index contributed by atoms with van der Waals surface area (Å²) in [4.78, 5) is 12.6. The zero-order chi connectivity index (χ0) is 18.2. The zero-order valence-corrected chi connectivity index (χ0v) is 14.8. The Labute approximate surface area is 151 Å². The number of benzene rings is 2. The second-order valence-corrected chi connectivity index (χ2v) is 5.46. The van der Waals surface area contributed by atoms with Crippen LogP contribution in [-0.2, 0) is 6.54 Å². The van der Waals surface area contributed by atoms with Crippen molar-refractivity contribution in [2.45, 2.75) is 6.54 Å². The smallest absolute Gasteiger partial charge is 0.205 e. The van der Waals surface area contributed by atoms with Crippen molar-refractivity contribution in [3.05, 3.63) is 65.2 Å². The van der Waals surface area contributed by atoms with Crippen LogP contribution in [0.15, 0.2) is 54.1 Å². The van der Waals surface area contributed by atoms with Gasteiger partial charge in [-0.2, -0.15) is 0 Å². The molecule has 0 aliphatic heterocycles. The molecule has 0 amide bonds. The van der Waals surface area contributed by atoms with Gasteiger partial charge in [-0.25, -0.2) is 0 Å². The third-order valence-corrected chi connectivity index (χ3v) is 3.90. The Morgan fingerprint density at radius 1 is 1.16 bits per heavy atom. The minimum Gasteiger partial charge on any atom is -0.497 e. The van der Waals surface area contributed by atoms with E-state index in [-0.39, 0.29) is 16.3 Å². The summed E-state index contributed by atoms with van der Waals surface area (Å²) in [7, 11) is 3.15. The molecule has 0 aromatic heterocycles. The van der Waals surface area contributed by atoms with Crippen molar-refractivity contribution in [2.75, 3.05) is 14.2 Å². The van der Waals surface area contributed by atoms with E-state index >= 15 is 0 Å². The molecular formula is C19H18N2O3S. The lowest BCUT2D eigenvalue weighted by molar-refractivity contribution is 0.104. The van der Waals surface area contributed by atoms with E-state index in [2.05, 4.69) is 11.2 Å². The maximum Gasteiger partial charge on any atom is 0.205 e. The van der Waals surface area contributed by atoms with Gasteiger partial charge < -0.3 is 14.8 Å². The number of Topliss-reactive ketones (excluding diaryl/α,β-unsaturated/α-hetero) is 1. The first-order valence-corrected chi connectivity index (χ1v) is 7.90. The normalized spacial score (nSPS) is 9.68. The average Bonchev–Trinajstić information content (AvgIpc) is 2.67. The number of ether oxygens (including phenoxy) is 2. The largest absolute Gasteiger partial charge is 0.497 e. The molecule has 128 valence electrons. The number of carbonyl (C=O) groups is 1. The molecule has 0 unspecified atom stereocenters. The van der Waals surface area contributed by atoms with E-state index in [4.69, 9.17) is 27.1 Å². The van der Waals surface area contributed by atoms with Crippen LogP contribution in [0.5, 0.6) is 11.5 Å². The Bertz CT molecular complexity index is 828. The lowest BCUT2D eigenvalue weighted by atomic mass is 10.0. The fraction of sp³-hybridized carbons (Fsp3) is 0.158. The van der Waals surface area contributed by atoms with E-state index in [0.29, 0.717) is 23.6 Å². The minimum atomic E-state index is -0.338. The lowest BCUT2D eigenvalue weighted by Crippen LogP contribution is -2.27. The van der Waals surface area contributed by atoms with Crippen molar-refractivity contribution in [3.8, 4) is 11.5 Å². The van der Waals surface area contributed by atoms with Crippen LogP contribution in [0.1, 0.15) is 15.9 Å². The van der Waals surface area contributed by atoms with Crippen LogP contribution >= 0.6 is 12.2 Å². The van der Waals surface area contributed by atoms with Crippen molar-refractivity contribution >= 4 is 28.9 Å². The molecule has 0 fully saturated rings. The first kappa shape index (κ1) is 18.4. The van der Waals surface area contributed by atoms with Crippen LogP contribution < -0.4 is 14.8 Å². The third kappa shape index (κ3) is 4.53. The van der Waals surface area contributed by atoms with E-state index in [1.165, 1.54) is 0 Å². The minimum absolute atomic E-state index is 0.0219.